The molecule has 1 aliphatic heterocycles. The van der Waals surface area contributed by atoms with Crippen molar-refractivity contribution in [2.45, 2.75) is 18.9 Å². The summed E-state index contributed by atoms with van der Waals surface area (Å²) in [5.41, 5.74) is -1.09. The maximum Gasteiger partial charge on any atom is 0.241 e. The van der Waals surface area contributed by atoms with Crippen LogP contribution in [0.15, 0.2) is 6.07 Å². The third-order valence-electron chi connectivity index (χ3n) is 2.74. The van der Waals surface area contributed by atoms with Crippen LogP contribution >= 0.6 is 0 Å². The Labute approximate surface area is 100 Å². The second-order valence-corrected chi connectivity index (χ2v) is 3.98. The minimum atomic E-state index is -1.61. The van der Waals surface area contributed by atoms with E-state index in [9.17, 15) is 22.4 Å². The molecule has 1 aliphatic rings. The van der Waals surface area contributed by atoms with Gasteiger partial charge in [0.15, 0.2) is 23.3 Å². The normalized spacial score (nSPS) is 19.0. The van der Waals surface area contributed by atoms with Gasteiger partial charge in [-0.2, -0.15) is 0 Å². The van der Waals surface area contributed by atoms with Crippen LogP contribution in [0, 0.1) is 23.3 Å². The Bertz CT molecular complexity index is 460. The van der Waals surface area contributed by atoms with Crippen LogP contribution in [0.3, 0.4) is 0 Å². The van der Waals surface area contributed by atoms with Crippen LogP contribution in [0.5, 0.6) is 0 Å². The number of hydrogen-bond acceptors (Lipinski definition) is 2. The maximum absolute atomic E-state index is 13.3. The predicted octanol–water partition coefficient (Wildman–Crippen LogP) is 1.93. The summed E-state index contributed by atoms with van der Waals surface area (Å²) in [7, 11) is 0. The van der Waals surface area contributed by atoms with E-state index < -0.39 is 40.9 Å². The molecule has 0 bridgehead atoms. The summed E-state index contributed by atoms with van der Waals surface area (Å²) in [5, 5.41) is 4.67. The average Bonchev–Trinajstić information content (AvgIpc) is 2.85. The summed E-state index contributed by atoms with van der Waals surface area (Å²) >= 11 is 0. The lowest BCUT2D eigenvalue weighted by Gasteiger charge is -2.12. The fraction of sp³-hybridized carbons (Fsp3) is 0.364. The standard InChI is InChI=1S/C11H10F4N2O/c12-5-4-6(13)9(15)10(8(5)14)17-11(18)7-2-1-3-16-7/h4,7,16H,1-3H2,(H,17,18)/t7-/m1/s1. The van der Waals surface area contributed by atoms with Gasteiger partial charge in [0.1, 0.15) is 5.69 Å². The summed E-state index contributed by atoms with van der Waals surface area (Å²) in [6.45, 7) is 0.612. The number of rotatable bonds is 2. The molecular formula is C11H10F4N2O. The fourth-order valence-corrected chi connectivity index (χ4v) is 1.80. The highest BCUT2D eigenvalue weighted by Gasteiger charge is 2.26. The van der Waals surface area contributed by atoms with Crippen molar-refractivity contribution in [1.82, 2.24) is 5.32 Å². The highest BCUT2D eigenvalue weighted by atomic mass is 19.2. The van der Waals surface area contributed by atoms with E-state index in [0.29, 0.717) is 13.0 Å². The zero-order chi connectivity index (χ0) is 13.3. The van der Waals surface area contributed by atoms with Crippen molar-refractivity contribution in [3.8, 4) is 0 Å². The van der Waals surface area contributed by atoms with Gasteiger partial charge in [0.05, 0.1) is 6.04 Å². The monoisotopic (exact) mass is 262 g/mol. The maximum atomic E-state index is 13.3. The van der Waals surface area contributed by atoms with E-state index in [0.717, 1.165) is 6.42 Å². The van der Waals surface area contributed by atoms with Crippen LogP contribution in [0.25, 0.3) is 0 Å². The molecule has 0 saturated carbocycles. The second kappa shape index (κ2) is 4.93. The number of nitrogens with one attached hydrogen (secondary N) is 2. The third-order valence-corrected chi connectivity index (χ3v) is 2.74. The molecule has 0 unspecified atom stereocenters. The Hall–Kier alpha value is -1.63. The van der Waals surface area contributed by atoms with Gasteiger partial charge in [0.25, 0.3) is 0 Å². The summed E-state index contributed by atoms with van der Waals surface area (Å²) < 4.78 is 52.3. The lowest BCUT2D eigenvalue weighted by molar-refractivity contribution is -0.117. The minimum Gasteiger partial charge on any atom is -0.320 e. The molecule has 1 fully saturated rings. The van der Waals surface area contributed by atoms with E-state index in [2.05, 4.69) is 5.32 Å². The zero-order valence-corrected chi connectivity index (χ0v) is 9.20. The highest BCUT2D eigenvalue weighted by Crippen LogP contribution is 2.24. The van der Waals surface area contributed by atoms with Gasteiger partial charge in [-0.25, -0.2) is 17.6 Å². The van der Waals surface area contributed by atoms with Crippen molar-refractivity contribution in [2.24, 2.45) is 0 Å². The molecule has 18 heavy (non-hydrogen) atoms. The quantitative estimate of drug-likeness (QED) is 0.631. The first-order valence-corrected chi connectivity index (χ1v) is 5.38. The van der Waals surface area contributed by atoms with Gasteiger partial charge in [-0.3, -0.25) is 4.79 Å². The van der Waals surface area contributed by atoms with E-state index in [-0.39, 0.29) is 6.07 Å². The number of carbonyl (C=O) groups excluding carboxylic acids is 1. The number of amides is 1. The molecule has 98 valence electrons. The van der Waals surface area contributed by atoms with Crippen LogP contribution in [-0.2, 0) is 4.79 Å². The largest absolute Gasteiger partial charge is 0.320 e. The lowest BCUT2D eigenvalue weighted by Crippen LogP contribution is -2.36. The van der Waals surface area contributed by atoms with Gasteiger partial charge >= 0.3 is 0 Å². The van der Waals surface area contributed by atoms with Crippen molar-refractivity contribution in [3.63, 3.8) is 0 Å². The van der Waals surface area contributed by atoms with Crippen molar-refractivity contribution in [3.05, 3.63) is 29.3 Å². The number of halogens is 4. The molecule has 7 heteroatoms. The number of hydrogen-bond donors (Lipinski definition) is 2. The second-order valence-electron chi connectivity index (χ2n) is 3.98. The number of carbonyl (C=O) groups is 1. The molecule has 0 aliphatic carbocycles. The Kier molecular flexibility index (Phi) is 3.51. The molecule has 1 aromatic carbocycles. The molecule has 2 rings (SSSR count). The Morgan fingerprint density at radius 2 is 1.83 bits per heavy atom. The van der Waals surface area contributed by atoms with Crippen LogP contribution in [-0.4, -0.2) is 18.5 Å². The van der Waals surface area contributed by atoms with E-state index in [4.69, 9.17) is 0 Å². The molecule has 3 nitrogen and oxygen atoms in total. The van der Waals surface area contributed by atoms with Gasteiger partial charge < -0.3 is 10.6 Å². The lowest BCUT2D eigenvalue weighted by atomic mass is 10.2. The molecule has 1 saturated heterocycles. The van der Waals surface area contributed by atoms with Crippen molar-refractivity contribution in [2.75, 3.05) is 11.9 Å². The van der Waals surface area contributed by atoms with Crippen molar-refractivity contribution < 1.29 is 22.4 Å². The van der Waals surface area contributed by atoms with E-state index in [1.54, 1.807) is 0 Å². The molecule has 1 amide bonds. The molecule has 0 radical (unpaired) electrons. The Morgan fingerprint density at radius 1 is 1.22 bits per heavy atom. The smallest absolute Gasteiger partial charge is 0.241 e. The number of anilines is 1. The van der Waals surface area contributed by atoms with Crippen molar-refractivity contribution in [1.29, 1.82) is 0 Å². The van der Waals surface area contributed by atoms with E-state index in [1.807, 2.05) is 5.32 Å². The van der Waals surface area contributed by atoms with Crippen LogP contribution in [0.2, 0.25) is 0 Å². The van der Waals surface area contributed by atoms with Gasteiger partial charge in [0.2, 0.25) is 5.91 Å². The van der Waals surface area contributed by atoms with Crippen molar-refractivity contribution >= 4 is 11.6 Å². The number of benzene rings is 1. The summed E-state index contributed by atoms with van der Waals surface area (Å²) in [4.78, 5) is 11.6. The summed E-state index contributed by atoms with van der Waals surface area (Å²) in [5.74, 6) is -7.04. The Morgan fingerprint density at radius 3 is 2.33 bits per heavy atom. The van der Waals surface area contributed by atoms with E-state index in [1.165, 1.54) is 0 Å². The Balaban J connectivity index is 2.25. The molecule has 0 spiro atoms. The SMILES string of the molecule is O=C(Nc1c(F)c(F)cc(F)c1F)[C@H]1CCCN1. The average molecular weight is 262 g/mol. The van der Waals surface area contributed by atoms with Gasteiger partial charge in [-0.05, 0) is 19.4 Å². The molecular weight excluding hydrogens is 252 g/mol. The first kappa shape index (κ1) is 12.8. The first-order valence-electron chi connectivity index (χ1n) is 5.38. The summed E-state index contributed by atoms with van der Waals surface area (Å²) in [6.07, 6.45) is 1.26. The molecule has 1 atom stereocenters. The molecule has 2 N–H and O–H groups in total. The van der Waals surface area contributed by atoms with Crippen LogP contribution in [0.1, 0.15) is 12.8 Å². The topological polar surface area (TPSA) is 41.1 Å². The van der Waals surface area contributed by atoms with Crippen LogP contribution < -0.4 is 10.6 Å². The summed E-state index contributed by atoms with van der Waals surface area (Å²) in [6, 6.07) is -0.510. The zero-order valence-electron chi connectivity index (χ0n) is 9.20. The molecule has 0 aromatic heterocycles. The molecule has 1 heterocycles. The van der Waals surface area contributed by atoms with Gasteiger partial charge in [0, 0.05) is 6.07 Å². The minimum absolute atomic E-state index is 0.0914. The van der Waals surface area contributed by atoms with Gasteiger partial charge in [-0.15, -0.1) is 0 Å². The first-order chi connectivity index (χ1) is 8.50. The van der Waals surface area contributed by atoms with Crippen LogP contribution in [0.4, 0.5) is 23.2 Å². The van der Waals surface area contributed by atoms with E-state index >= 15 is 0 Å². The highest BCUT2D eigenvalue weighted by molar-refractivity contribution is 5.95. The predicted molar refractivity (Wildman–Crippen MR) is 55.9 cm³/mol. The fourth-order valence-electron chi connectivity index (χ4n) is 1.80. The third kappa shape index (κ3) is 2.31. The molecule has 1 aromatic rings. The van der Waals surface area contributed by atoms with Gasteiger partial charge in [-0.1, -0.05) is 0 Å².